The number of furan rings is 2. The maximum Gasteiger partial charge on any atom is 0.139 e. The van der Waals surface area contributed by atoms with Gasteiger partial charge in [-0.25, -0.2) is 0 Å². The van der Waals surface area contributed by atoms with Crippen molar-refractivity contribution in [3.8, 4) is 22.6 Å². The second kappa shape index (κ2) is 7.89. The molecule has 0 aliphatic rings. The average Bonchev–Trinajstić information content (AvgIpc) is 3.38. The molecule has 7 aromatic rings. The van der Waals surface area contributed by atoms with Crippen molar-refractivity contribution in [2.45, 2.75) is 13.8 Å². The first-order valence-corrected chi connectivity index (χ1v) is 12.6. The molecule has 174 valence electrons. The fourth-order valence-electron chi connectivity index (χ4n) is 5.48. The molecule has 2 aromatic heterocycles. The Kier molecular flexibility index (Phi) is 4.73. The third-order valence-corrected chi connectivity index (χ3v) is 7.65. The van der Waals surface area contributed by atoms with Crippen molar-refractivity contribution in [2.75, 3.05) is 0 Å². The summed E-state index contributed by atoms with van der Waals surface area (Å²) in [5.74, 6) is 1.72. The molecule has 36 heavy (non-hydrogen) atoms. The molecule has 0 radical (unpaired) electrons. The molecule has 0 saturated heterocycles. The quantitative estimate of drug-likeness (QED) is 0.218. The Balaban J connectivity index is 1.65. The molecule has 0 amide bonds. The van der Waals surface area contributed by atoms with E-state index < -0.39 is 0 Å². The predicted molar refractivity (Wildman–Crippen MR) is 151 cm³/mol. The van der Waals surface area contributed by atoms with Gasteiger partial charge < -0.3 is 8.83 Å². The van der Waals surface area contributed by atoms with Gasteiger partial charge in [0.05, 0.1) is 0 Å². The number of benzene rings is 5. The molecule has 0 bridgehead atoms. The first-order valence-electron chi connectivity index (χ1n) is 11.8. The molecule has 0 N–H and O–H groups in total. The molecule has 0 fully saturated rings. The summed E-state index contributed by atoms with van der Waals surface area (Å²) in [4.78, 5) is 0. The summed E-state index contributed by atoms with van der Waals surface area (Å²) in [5.41, 5.74) is 5.96. The molecular formula is C32H20Cl2O2. The van der Waals surface area contributed by atoms with Crippen molar-refractivity contribution >= 4 is 66.7 Å². The molecule has 7 rings (SSSR count). The van der Waals surface area contributed by atoms with Crippen LogP contribution in [0.2, 0.25) is 10.0 Å². The van der Waals surface area contributed by atoms with Crippen molar-refractivity contribution in [1.29, 1.82) is 0 Å². The van der Waals surface area contributed by atoms with Crippen LogP contribution in [-0.2, 0) is 0 Å². The molecular weight excluding hydrogens is 487 g/mol. The van der Waals surface area contributed by atoms with Crippen LogP contribution >= 0.6 is 23.2 Å². The Morgan fingerprint density at radius 3 is 1.19 bits per heavy atom. The number of fused-ring (bicyclic) bond motifs is 4. The van der Waals surface area contributed by atoms with E-state index in [1.807, 2.05) is 36.4 Å². The maximum atomic E-state index is 6.49. The Morgan fingerprint density at radius 2 is 0.833 bits per heavy atom. The zero-order chi connectivity index (χ0) is 24.6. The largest absolute Gasteiger partial charge is 0.456 e. The highest BCUT2D eigenvalue weighted by atomic mass is 35.5. The van der Waals surface area contributed by atoms with E-state index in [1.165, 1.54) is 0 Å². The first-order chi connectivity index (χ1) is 17.5. The minimum atomic E-state index is 0.698. The van der Waals surface area contributed by atoms with Crippen LogP contribution in [0, 0.1) is 13.8 Å². The number of hydrogen-bond acceptors (Lipinski definition) is 2. The van der Waals surface area contributed by atoms with E-state index in [1.54, 1.807) is 0 Å². The van der Waals surface area contributed by atoms with E-state index in [0.717, 1.165) is 77.3 Å². The van der Waals surface area contributed by atoms with Crippen molar-refractivity contribution < 1.29 is 8.83 Å². The highest BCUT2D eigenvalue weighted by molar-refractivity contribution is 6.32. The van der Waals surface area contributed by atoms with E-state index in [9.17, 15) is 0 Å². The van der Waals surface area contributed by atoms with Gasteiger partial charge in [-0.05, 0) is 71.8 Å². The van der Waals surface area contributed by atoms with Gasteiger partial charge in [0.1, 0.15) is 22.7 Å². The highest BCUT2D eigenvalue weighted by Gasteiger charge is 2.24. The fourth-order valence-corrected chi connectivity index (χ4v) is 5.83. The second-order valence-electron chi connectivity index (χ2n) is 9.23. The monoisotopic (exact) mass is 506 g/mol. The van der Waals surface area contributed by atoms with Crippen LogP contribution in [0.15, 0.2) is 93.8 Å². The third kappa shape index (κ3) is 3.05. The first kappa shape index (κ1) is 21.6. The van der Waals surface area contributed by atoms with Crippen molar-refractivity contribution in [2.24, 2.45) is 0 Å². The van der Waals surface area contributed by atoms with Gasteiger partial charge in [-0.3, -0.25) is 0 Å². The van der Waals surface area contributed by atoms with Crippen molar-refractivity contribution in [3.05, 3.63) is 106 Å². The van der Waals surface area contributed by atoms with Gasteiger partial charge in [-0.15, -0.1) is 0 Å². The van der Waals surface area contributed by atoms with Gasteiger partial charge in [-0.1, -0.05) is 71.7 Å². The Labute approximate surface area is 217 Å². The molecule has 0 spiro atoms. The molecule has 0 aliphatic carbocycles. The van der Waals surface area contributed by atoms with E-state index in [-0.39, 0.29) is 0 Å². The molecule has 0 saturated carbocycles. The van der Waals surface area contributed by atoms with E-state index >= 15 is 0 Å². The summed E-state index contributed by atoms with van der Waals surface area (Å²) in [6, 6.07) is 28.5. The Bertz CT molecular complexity index is 1790. The number of hydrogen-bond donors (Lipinski definition) is 0. The maximum absolute atomic E-state index is 6.49. The number of rotatable bonds is 2. The van der Waals surface area contributed by atoms with Gasteiger partial charge in [-0.2, -0.15) is 0 Å². The van der Waals surface area contributed by atoms with Gasteiger partial charge >= 0.3 is 0 Å². The molecule has 5 aromatic carbocycles. The summed E-state index contributed by atoms with van der Waals surface area (Å²) < 4.78 is 13.0. The van der Waals surface area contributed by atoms with Gasteiger partial charge in [0.25, 0.3) is 0 Å². The SMILES string of the molecule is Cc1c(-c2c3ccccc3c(-c3oc4ccc(Cl)cc4c3C)c3ccccc23)oc2ccc(Cl)cc12. The number of aryl methyl sites for hydroxylation is 2. The zero-order valence-corrected chi connectivity index (χ0v) is 21.2. The fraction of sp³-hybridized carbons (Fsp3) is 0.0625. The minimum absolute atomic E-state index is 0.698. The van der Waals surface area contributed by atoms with E-state index in [0.29, 0.717) is 10.0 Å². The van der Waals surface area contributed by atoms with Crippen LogP contribution in [0.4, 0.5) is 0 Å². The van der Waals surface area contributed by atoms with Crippen LogP contribution in [0.25, 0.3) is 66.1 Å². The lowest BCUT2D eigenvalue weighted by atomic mass is 9.88. The van der Waals surface area contributed by atoms with Crippen molar-refractivity contribution in [3.63, 3.8) is 0 Å². The molecule has 2 nitrogen and oxygen atoms in total. The highest BCUT2D eigenvalue weighted by Crippen LogP contribution is 2.48. The van der Waals surface area contributed by atoms with Gasteiger partial charge in [0.2, 0.25) is 0 Å². The molecule has 0 atom stereocenters. The lowest BCUT2D eigenvalue weighted by Gasteiger charge is -2.15. The normalized spacial score (nSPS) is 11.9. The van der Waals surface area contributed by atoms with Crippen LogP contribution < -0.4 is 0 Å². The Hall–Kier alpha value is -3.72. The average molecular weight is 507 g/mol. The lowest BCUT2D eigenvalue weighted by molar-refractivity contribution is 0.629. The molecule has 4 heteroatoms. The van der Waals surface area contributed by atoms with Crippen LogP contribution in [0.3, 0.4) is 0 Å². The predicted octanol–water partition coefficient (Wildman–Crippen LogP) is 10.7. The van der Waals surface area contributed by atoms with Crippen LogP contribution in [0.5, 0.6) is 0 Å². The second-order valence-corrected chi connectivity index (χ2v) is 10.1. The molecule has 0 unspecified atom stereocenters. The smallest absolute Gasteiger partial charge is 0.139 e. The third-order valence-electron chi connectivity index (χ3n) is 7.18. The summed E-state index contributed by atoms with van der Waals surface area (Å²) >= 11 is 12.6. The minimum Gasteiger partial charge on any atom is -0.456 e. The topological polar surface area (TPSA) is 26.3 Å². The molecule has 2 heterocycles. The van der Waals surface area contributed by atoms with Crippen molar-refractivity contribution in [1.82, 2.24) is 0 Å². The Morgan fingerprint density at radius 1 is 0.472 bits per heavy atom. The standard InChI is InChI=1S/C32H20Cl2O2/c1-17-25-15-19(33)11-13-27(25)35-31(17)29-21-7-3-5-9-23(21)30(24-10-6-4-8-22(24)29)32-18(2)26-16-20(34)12-14-28(26)36-32/h3-16H,1-2H3. The number of halogens is 2. The zero-order valence-electron chi connectivity index (χ0n) is 19.7. The van der Waals surface area contributed by atoms with Crippen LogP contribution in [0.1, 0.15) is 11.1 Å². The van der Waals surface area contributed by atoms with Gasteiger partial charge in [0.15, 0.2) is 0 Å². The summed E-state index contributed by atoms with van der Waals surface area (Å²) in [6.45, 7) is 4.20. The van der Waals surface area contributed by atoms with Gasteiger partial charge in [0, 0.05) is 43.1 Å². The summed E-state index contributed by atoms with van der Waals surface area (Å²) in [6.07, 6.45) is 0. The van der Waals surface area contributed by atoms with E-state index in [4.69, 9.17) is 32.0 Å². The molecule has 0 aliphatic heterocycles. The summed E-state index contributed by atoms with van der Waals surface area (Å²) in [7, 11) is 0. The van der Waals surface area contributed by atoms with Crippen LogP contribution in [-0.4, -0.2) is 0 Å². The lowest BCUT2D eigenvalue weighted by Crippen LogP contribution is -1.91. The summed E-state index contributed by atoms with van der Waals surface area (Å²) in [5, 5.41) is 7.89. The van der Waals surface area contributed by atoms with E-state index in [2.05, 4.69) is 62.4 Å².